The van der Waals surface area contributed by atoms with Gasteiger partial charge in [-0.05, 0) is 13.3 Å². The first-order valence-electron chi connectivity index (χ1n) is 8.62. The molecule has 0 aromatic heterocycles. The first-order chi connectivity index (χ1) is 13.4. The maximum atomic E-state index is 14.2. The molecule has 0 radical (unpaired) electrons. The number of hydrogen-bond acceptors (Lipinski definition) is 3. The molecule has 0 rings (SSSR count). The van der Waals surface area contributed by atoms with E-state index >= 15 is 0 Å². The molecule has 0 spiro atoms. The minimum atomic E-state index is -7.56. The monoisotopic (exact) mass is 467 g/mol. The van der Waals surface area contributed by atoms with Crippen LogP contribution in [0.2, 0.25) is 0 Å². The standard InChI is InChI=1S/C16H20F11NO2/c1-3-5-6-7-8-28-10(9-11(29)30-4-2)12(17,18)13(19,20)14(21,22)15(23,24)16(25,26)27/h9,28H,3-8H2,1-2H3/b10-9+. The highest BCUT2D eigenvalue weighted by Crippen LogP contribution is 2.58. The molecule has 0 heterocycles. The second kappa shape index (κ2) is 10.0. The summed E-state index contributed by atoms with van der Waals surface area (Å²) in [5.74, 6) is -30.3. The van der Waals surface area contributed by atoms with Crippen molar-refractivity contribution in [3.05, 3.63) is 11.8 Å². The lowest BCUT2D eigenvalue weighted by Crippen LogP contribution is -2.67. The lowest BCUT2D eigenvalue weighted by Gasteiger charge is -2.38. The van der Waals surface area contributed by atoms with Crippen molar-refractivity contribution < 1.29 is 57.8 Å². The normalized spacial score (nSPS) is 14.6. The van der Waals surface area contributed by atoms with E-state index in [-0.39, 0.29) is 12.5 Å². The Morgan fingerprint density at radius 2 is 1.33 bits per heavy atom. The van der Waals surface area contributed by atoms with E-state index < -0.39 is 54.7 Å². The highest BCUT2D eigenvalue weighted by Gasteiger charge is 2.87. The molecule has 0 aliphatic rings. The number of halogens is 11. The first-order valence-corrected chi connectivity index (χ1v) is 8.62. The minimum absolute atomic E-state index is 0.0186. The number of carbonyl (C=O) groups is 1. The molecule has 30 heavy (non-hydrogen) atoms. The fourth-order valence-corrected chi connectivity index (χ4v) is 2.07. The van der Waals surface area contributed by atoms with Crippen LogP contribution in [0.15, 0.2) is 11.8 Å². The SMILES string of the molecule is CCCCCCN/C(=C/C(=O)OCC)C(F)(F)C(F)(F)C(F)(F)C(F)(F)C(F)(F)F. The molecule has 0 aromatic carbocycles. The predicted octanol–water partition coefficient (Wildman–Crippen LogP) is 5.71. The molecule has 0 amide bonds. The zero-order chi connectivity index (χ0) is 24.0. The fraction of sp³-hybridized carbons (Fsp3) is 0.812. The van der Waals surface area contributed by atoms with Crippen LogP contribution < -0.4 is 5.32 Å². The van der Waals surface area contributed by atoms with Crippen LogP contribution >= 0.6 is 0 Å². The number of hydrogen-bond donors (Lipinski definition) is 1. The van der Waals surface area contributed by atoms with Gasteiger partial charge in [0.1, 0.15) is 0 Å². The molecule has 0 aromatic rings. The maximum absolute atomic E-state index is 14.2. The number of carbonyl (C=O) groups excluding carboxylic acids is 1. The van der Waals surface area contributed by atoms with E-state index in [2.05, 4.69) is 4.74 Å². The van der Waals surface area contributed by atoms with E-state index in [1.807, 2.05) is 0 Å². The summed E-state index contributed by atoms with van der Waals surface area (Å²) >= 11 is 0. The molecule has 3 nitrogen and oxygen atoms in total. The summed E-state index contributed by atoms with van der Waals surface area (Å²) in [6.45, 7) is 1.90. The van der Waals surface area contributed by atoms with Gasteiger partial charge in [-0.25, -0.2) is 4.79 Å². The molecule has 0 aliphatic heterocycles. The van der Waals surface area contributed by atoms with Gasteiger partial charge in [-0.1, -0.05) is 26.2 Å². The van der Waals surface area contributed by atoms with E-state index in [0.717, 1.165) is 0 Å². The number of allylic oxidation sites excluding steroid dienone is 1. The Balaban J connectivity index is 6.13. The van der Waals surface area contributed by atoms with Gasteiger partial charge in [0, 0.05) is 12.6 Å². The highest BCUT2D eigenvalue weighted by atomic mass is 19.4. The van der Waals surface area contributed by atoms with Crippen LogP contribution in [0.4, 0.5) is 48.3 Å². The van der Waals surface area contributed by atoms with E-state index in [9.17, 15) is 53.1 Å². The topological polar surface area (TPSA) is 38.3 Å². The molecule has 0 unspecified atom stereocenters. The summed E-state index contributed by atoms with van der Waals surface area (Å²) in [5.41, 5.74) is -2.28. The van der Waals surface area contributed by atoms with Crippen LogP contribution in [0, 0.1) is 0 Å². The van der Waals surface area contributed by atoms with Gasteiger partial charge in [0.2, 0.25) is 0 Å². The Morgan fingerprint density at radius 1 is 0.800 bits per heavy atom. The van der Waals surface area contributed by atoms with Crippen molar-refractivity contribution in [2.75, 3.05) is 13.2 Å². The highest BCUT2D eigenvalue weighted by molar-refractivity contribution is 5.83. The van der Waals surface area contributed by atoms with Crippen molar-refractivity contribution in [3.8, 4) is 0 Å². The molecule has 0 atom stereocenters. The Morgan fingerprint density at radius 3 is 1.77 bits per heavy atom. The predicted molar refractivity (Wildman–Crippen MR) is 82.7 cm³/mol. The Kier molecular flexibility index (Phi) is 9.44. The van der Waals surface area contributed by atoms with Crippen LogP contribution in [-0.4, -0.2) is 49.0 Å². The number of esters is 1. The molecule has 0 saturated carbocycles. The molecule has 0 saturated heterocycles. The first kappa shape index (κ1) is 28.2. The number of unbranched alkanes of at least 4 members (excludes halogenated alkanes) is 3. The maximum Gasteiger partial charge on any atom is 0.460 e. The van der Waals surface area contributed by atoms with Crippen molar-refractivity contribution >= 4 is 5.97 Å². The summed E-state index contributed by atoms with van der Waals surface area (Å²) in [6.07, 6.45) is -6.03. The zero-order valence-electron chi connectivity index (χ0n) is 15.8. The third-order valence-corrected chi connectivity index (χ3v) is 3.77. The van der Waals surface area contributed by atoms with Crippen molar-refractivity contribution in [1.29, 1.82) is 0 Å². The third kappa shape index (κ3) is 5.68. The van der Waals surface area contributed by atoms with Gasteiger partial charge in [-0.3, -0.25) is 0 Å². The second-order valence-corrected chi connectivity index (χ2v) is 6.09. The van der Waals surface area contributed by atoms with Gasteiger partial charge in [0.05, 0.1) is 12.3 Å². The minimum Gasteiger partial charge on any atom is -0.463 e. The molecular formula is C16H20F11NO2. The second-order valence-electron chi connectivity index (χ2n) is 6.09. The zero-order valence-corrected chi connectivity index (χ0v) is 15.8. The van der Waals surface area contributed by atoms with Crippen molar-refractivity contribution in [2.24, 2.45) is 0 Å². The summed E-state index contributed by atoms with van der Waals surface area (Å²) in [7, 11) is 0. The van der Waals surface area contributed by atoms with Crippen molar-refractivity contribution in [1.82, 2.24) is 5.32 Å². The lowest BCUT2D eigenvalue weighted by molar-refractivity contribution is -0.418. The molecule has 0 bridgehead atoms. The third-order valence-electron chi connectivity index (χ3n) is 3.77. The Labute approximate surface area is 164 Å². The number of ether oxygens (including phenoxy) is 1. The largest absolute Gasteiger partial charge is 0.463 e. The summed E-state index contributed by atoms with van der Waals surface area (Å²) in [6, 6.07) is 0. The van der Waals surface area contributed by atoms with Gasteiger partial charge in [0.25, 0.3) is 0 Å². The quantitative estimate of drug-likeness (QED) is 0.173. The van der Waals surface area contributed by atoms with Gasteiger partial charge in [0.15, 0.2) is 0 Å². The molecule has 14 heteroatoms. The van der Waals surface area contributed by atoms with Gasteiger partial charge >= 0.3 is 35.8 Å². The molecule has 0 aliphatic carbocycles. The molecule has 0 fully saturated rings. The average molecular weight is 467 g/mol. The van der Waals surface area contributed by atoms with Crippen LogP contribution in [0.1, 0.15) is 39.5 Å². The number of rotatable bonds is 12. The summed E-state index contributed by atoms with van der Waals surface area (Å²) in [4.78, 5) is 11.3. The van der Waals surface area contributed by atoms with Gasteiger partial charge < -0.3 is 10.1 Å². The molecular weight excluding hydrogens is 447 g/mol. The van der Waals surface area contributed by atoms with E-state index in [4.69, 9.17) is 0 Å². The average Bonchev–Trinajstić information content (AvgIpc) is 2.59. The van der Waals surface area contributed by atoms with E-state index in [1.54, 1.807) is 12.2 Å². The van der Waals surface area contributed by atoms with Crippen LogP contribution in [0.25, 0.3) is 0 Å². The summed E-state index contributed by atoms with van der Waals surface area (Å²) in [5, 5.41) is 1.55. The Bertz CT molecular complexity index is 600. The van der Waals surface area contributed by atoms with Gasteiger partial charge in [-0.15, -0.1) is 0 Å². The smallest absolute Gasteiger partial charge is 0.460 e. The molecule has 178 valence electrons. The van der Waals surface area contributed by atoms with Gasteiger partial charge in [-0.2, -0.15) is 48.3 Å². The fourth-order valence-electron chi connectivity index (χ4n) is 2.07. The lowest BCUT2D eigenvalue weighted by atomic mass is 9.95. The van der Waals surface area contributed by atoms with E-state index in [0.29, 0.717) is 19.3 Å². The number of nitrogens with one attached hydrogen (secondary N) is 1. The van der Waals surface area contributed by atoms with E-state index in [1.165, 1.54) is 6.92 Å². The summed E-state index contributed by atoms with van der Waals surface area (Å²) < 4.78 is 149. The van der Waals surface area contributed by atoms with Crippen LogP contribution in [-0.2, 0) is 9.53 Å². The van der Waals surface area contributed by atoms with Crippen molar-refractivity contribution in [3.63, 3.8) is 0 Å². The van der Waals surface area contributed by atoms with Crippen LogP contribution in [0.3, 0.4) is 0 Å². The van der Waals surface area contributed by atoms with Crippen LogP contribution in [0.5, 0.6) is 0 Å². The Hall–Kier alpha value is -1.76. The van der Waals surface area contributed by atoms with Crippen molar-refractivity contribution in [2.45, 2.75) is 69.4 Å². The molecule has 1 N–H and O–H groups in total. The number of alkyl halides is 11.